The highest BCUT2D eigenvalue weighted by Crippen LogP contribution is 2.40. The van der Waals surface area contributed by atoms with Gasteiger partial charge in [-0.15, -0.1) is 0 Å². The van der Waals surface area contributed by atoms with Crippen LogP contribution in [0.4, 0.5) is 0 Å². The fraction of sp³-hybridized carbons (Fsp3) is 0.562. The van der Waals surface area contributed by atoms with Crippen LogP contribution in [0.2, 0.25) is 0 Å². The van der Waals surface area contributed by atoms with Crippen LogP contribution in [-0.4, -0.2) is 42.2 Å². The van der Waals surface area contributed by atoms with Crippen molar-refractivity contribution in [3.8, 4) is 0 Å². The summed E-state index contributed by atoms with van der Waals surface area (Å²) in [5.74, 6) is -0.688. The minimum absolute atomic E-state index is 0.688. The molecule has 1 aliphatic carbocycles. The maximum absolute atomic E-state index is 12.2. The zero-order valence-corrected chi connectivity index (χ0v) is 11.8. The third-order valence-electron chi connectivity index (χ3n) is 4.68. The molecule has 0 aromatic heterocycles. The summed E-state index contributed by atoms with van der Waals surface area (Å²) >= 11 is 0. The molecule has 0 amide bonds. The number of carbonyl (C=O) groups is 1. The molecule has 0 bridgehead atoms. The van der Waals surface area contributed by atoms with E-state index < -0.39 is 11.5 Å². The Morgan fingerprint density at radius 3 is 2.90 bits per heavy atom. The van der Waals surface area contributed by atoms with E-state index in [0.717, 1.165) is 57.4 Å². The molecular formula is C16H22N2O2. The number of aliphatic carboxylic acids is 1. The normalized spacial score (nSPS) is 27.6. The van der Waals surface area contributed by atoms with E-state index in [1.807, 2.05) is 18.2 Å². The fourth-order valence-electron chi connectivity index (χ4n) is 3.72. The lowest BCUT2D eigenvalue weighted by molar-refractivity contribution is -0.154. The van der Waals surface area contributed by atoms with Crippen LogP contribution in [0.1, 0.15) is 30.4 Å². The number of hydrogen-bond donors (Lipinski definition) is 2. The first-order chi connectivity index (χ1) is 9.75. The molecule has 1 heterocycles. The standard InChI is InChI=1S/C16H22N2O2/c19-15(20)16(18-11-4-9-17-10-12-18)8-3-6-13-5-1-2-7-14(13)16/h1-2,5,7,17H,3-4,6,8-12H2,(H,19,20). The van der Waals surface area contributed by atoms with Crippen LogP contribution in [0.5, 0.6) is 0 Å². The molecule has 2 N–H and O–H groups in total. The molecule has 1 fully saturated rings. The largest absolute Gasteiger partial charge is 0.480 e. The highest BCUT2D eigenvalue weighted by Gasteiger charge is 2.48. The summed E-state index contributed by atoms with van der Waals surface area (Å²) in [6.45, 7) is 3.51. The van der Waals surface area contributed by atoms with Crippen LogP contribution < -0.4 is 5.32 Å². The molecule has 1 aliphatic heterocycles. The van der Waals surface area contributed by atoms with Crippen molar-refractivity contribution in [1.29, 1.82) is 0 Å². The van der Waals surface area contributed by atoms with Crippen LogP contribution in [-0.2, 0) is 16.8 Å². The maximum Gasteiger partial charge on any atom is 0.328 e. The van der Waals surface area contributed by atoms with Gasteiger partial charge in [0.2, 0.25) is 0 Å². The van der Waals surface area contributed by atoms with Crippen molar-refractivity contribution >= 4 is 5.97 Å². The molecule has 1 saturated heterocycles. The molecule has 0 saturated carbocycles. The molecule has 3 rings (SSSR count). The molecule has 1 aromatic rings. The van der Waals surface area contributed by atoms with E-state index in [9.17, 15) is 9.90 Å². The van der Waals surface area contributed by atoms with Gasteiger partial charge >= 0.3 is 5.97 Å². The van der Waals surface area contributed by atoms with E-state index >= 15 is 0 Å². The number of carboxylic acids is 1. The molecule has 1 unspecified atom stereocenters. The Bertz CT molecular complexity index is 495. The van der Waals surface area contributed by atoms with Crippen LogP contribution >= 0.6 is 0 Å². The SMILES string of the molecule is O=C(O)C1(N2CCCNCC2)CCCc2ccccc21. The summed E-state index contributed by atoms with van der Waals surface area (Å²) < 4.78 is 0. The third kappa shape index (κ3) is 2.13. The number of fused-ring (bicyclic) bond motifs is 1. The van der Waals surface area contributed by atoms with Crippen LogP contribution in [0.25, 0.3) is 0 Å². The molecule has 2 aliphatic rings. The molecule has 1 aromatic carbocycles. The van der Waals surface area contributed by atoms with E-state index in [-0.39, 0.29) is 0 Å². The topological polar surface area (TPSA) is 52.6 Å². The molecule has 4 heteroatoms. The highest BCUT2D eigenvalue weighted by molar-refractivity contribution is 5.82. The van der Waals surface area contributed by atoms with Gasteiger partial charge in [-0.3, -0.25) is 4.90 Å². The van der Waals surface area contributed by atoms with Crippen molar-refractivity contribution in [1.82, 2.24) is 10.2 Å². The number of carboxylic acid groups (broad SMARTS) is 1. The second-order valence-corrected chi connectivity index (χ2v) is 5.77. The van der Waals surface area contributed by atoms with Gasteiger partial charge in [-0.25, -0.2) is 4.79 Å². The lowest BCUT2D eigenvalue weighted by Gasteiger charge is -2.44. The monoisotopic (exact) mass is 274 g/mol. The first kappa shape index (κ1) is 13.6. The molecule has 4 nitrogen and oxygen atoms in total. The van der Waals surface area contributed by atoms with Crippen LogP contribution in [0.15, 0.2) is 24.3 Å². The average molecular weight is 274 g/mol. The zero-order chi connectivity index (χ0) is 14.0. The Labute approximate surface area is 119 Å². The van der Waals surface area contributed by atoms with E-state index in [4.69, 9.17) is 0 Å². The van der Waals surface area contributed by atoms with Crippen molar-refractivity contribution in [3.63, 3.8) is 0 Å². The molecule has 0 spiro atoms. The zero-order valence-electron chi connectivity index (χ0n) is 11.8. The minimum Gasteiger partial charge on any atom is -0.480 e. The number of aryl methyl sites for hydroxylation is 1. The lowest BCUT2D eigenvalue weighted by atomic mass is 9.75. The van der Waals surface area contributed by atoms with Crippen LogP contribution in [0, 0.1) is 0 Å². The summed E-state index contributed by atoms with van der Waals surface area (Å²) in [4.78, 5) is 14.4. The van der Waals surface area contributed by atoms with E-state index in [1.165, 1.54) is 5.56 Å². The number of rotatable bonds is 2. The second-order valence-electron chi connectivity index (χ2n) is 5.77. The number of hydrogen-bond acceptors (Lipinski definition) is 3. The molecule has 0 radical (unpaired) electrons. The smallest absolute Gasteiger partial charge is 0.328 e. The first-order valence-electron chi connectivity index (χ1n) is 7.53. The summed E-state index contributed by atoms with van der Waals surface area (Å²) in [7, 11) is 0. The summed E-state index contributed by atoms with van der Waals surface area (Å²) in [5.41, 5.74) is 1.40. The van der Waals surface area contributed by atoms with Gasteiger partial charge in [0, 0.05) is 19.6 Å². The Balaban J connectivity index is 2.06. The van der Waals surface area contributed by atoms with Crippen molar-refractivity contribution in [2.75, 3.05) is 26.2 Å². The predicted molar refractivity (Wildman–Crippen MR) is 77.8 cm³/mol. The summed E-state index contributed by atoms with van der Waals surface area (Å²) in [5, 5.41) is 13.4. The second kappa shape index (κ2) is 5.54. The maximum atomic E-state index is 12.2. The highest BCUT2D eigenvalue weighted by atomic mass is 16.4. The Morgan fingerprint density at radius 2 is 2.05 bits per heavy atom. The molecule has 108 valence electrons. The Morgan fingerprint density at radius 1 is 1.20 bits per heavy atom. The minimum atomic E-state index is -0.819. The van der Waals surface area contributed by atoms with Gasteiger partial charge in [0.05, 0.1) is 0 Å². The summed E-state index contributed by atoms with van der Waals surface area (Å²) in [6.07, 6.45) is 3.68. The van der Waals surface area contributed by atoms with Crippen molar-refractivity contribution < 1.29 is 9.90 Å². The van der Waals surface area contributed by atoms with Gasteiger partial charge in [0.15, 0.2) is 0 Å². The Hall–Kier alpha value is -1.39. The lowest BCUT2D eigenvalue weighted by Crippen LogP contribution is -2.54. The van der Waals surface area contributed by atoms with E-state index in [1.54, 1.807) is 0 Å². The predicted octanol–water partition coefficient (Wildman–Crippen LogP) is 1.60. The number of nitrogens with one attached hydrogen (secondary N) is 1. The quantitative estimate of drug-likeness (QED) is 0.860. The van der Waals surface area contributed by atoms with E-state index in [0.29, 0.717) is 0 Å². The van der Waals surface area contributed by atoms with E-state index in [2.05, 4.69) is 16.3 Å². The molecule has 1 atom stereocenters. The third-order valence-corrected chi connectivity index (χ3v) is 4.68. The van der Waals surface area contributed by atoms with Gasteiger partial charge in [-0.05, 0) is 43.4 Å². The number of benzene rings is 1. The first-order valence-corrected chi connectivity index (χ1v) is 7.53. The van der Waals surface area contributed by atoms with Gasteiger partial charge in [-0.1, -0.05) is 24.3 Å². The van der Waals surface area contributed by atoms with Crippen LogP contribution in [0.3, 0.4) is 0 Å². The summed E-state index contributed by atoms with van der Waals surface area (Å²) in [6, 6.07) is 8.09. The van der Waals surface area contributed by atoms with Crippen molar-refractivity contribution in [3.05, 3.63) is 35.4 Å². The Kier molecular flexibility index (Phi) is 3.76. The van der Waals surface area contributed by atoms with Crippen molar-refractivity contribution in [2.45, 2.75) is 31.2 Å². The van der Waals surface area contributed by atoms with Crippen molar-refractivity contribution in [2.24, 2.45) is 0 Å². The molecular weight excluding hydrogens is 252 g/mol. The number of nitrogens with zero attached hydrogens (tertiary/aromatic N) is 1. The average Bonchev–Trinajstić information content (AvgIpc) is 2.75. The van der Waals surface area contributed by atoms with Gasteiger partial charge < -0.3 is 10.4 Å². The van der Waals surface area contributed by atoms with Gasteiger partial charge in [0.1, 0.15) is 5.54 Å². The fourth-order valence-corrected chi connectivity index (χ4v) is 3.72. The molecule has 20 heavy (non-hydrogen) atoms. The van der Waals surface area contributed by atoms with Gasteiger partial charge in [-0.2, -0.15) is 0 Å². The van der Waals surface area contributed by atoms with Gasteiger partial charge in [0.25, 0.3) is 0 Å².